The van der Waals surface area contributed by atoms with E-state index >= 15 is 0 Å². The molecule has 4 heteroatoms. The summed E-state index contributed by atoms with van der Waals surface area (Å²) in [6.45, 7) is 0. The van der Waals surface area contributed by atoms with Crippen LogP contribution in [-0.2, 0) is 0 Å². The van der Waals surface area contributed by atoms with E-state index in [1.165, 1.54) is 10.2 Å². The molecule has 0 nitrogen and oxygen atoms in total. The van der Waals surface area contributed by atoms with E-state index in [9.17, 15) is 0 Å². The average molecular weight is 156 g/mol. The van der Waals surface area contributed by atoms with Crippen molar-refractivity contribution in [2.45, 2.75) is 0 Å². The Morgan fingerprint density at radius 2 is 1.67 bits per heavy atom. The first-order valence-electron chi connectivity index (χ1n) is 1.49. The minimum atomic E-state index is 1.28. The van der Waals surface area contributed by atoms with Crippen molar-refractivity contribution in [2.24, 2.45) is 0 Å². The maximum Gasteiger partial charge on any atom is 0.0512 e. The summed E-state index contributed by atoms with van der Waals surface area (Å²) >= 11 is 2.00. The molecule has 0 spiro atoms. The lowest BCUT2D eigenvalue weighted by atomic mass is 11.9. The Hall–Kier alpha value is 1.40. The molecule has 0 saturated carbocycles. The van der Waals surface area contributed by atoms with Crippen molar-refractivity contribution < 1.29 is 0 Å². The van der Waals surface area contributed by atoms with Crippen LogP contribution in [0.25, 0.3) is 0 Å². The molecule has 0 N–H and O–H groups in total. The van der Waals surface area contributed by atoms with Gasteiger partial charge in [0.2, 0.25) is 0 Å². The van der Waals surface area contributed by atoms with E-state index in [2.05, 4.69) is 0 Å². The predicted octanol–water partition coefficient (Wildman–Crippen LogP) is 2.68. The zero-order valence-corrected chi connectivity index (χ0v) is 6.31. The van der Waals surface area contributed by atoms with Crippen LogP contribution in [0, 0.1) is 0 Å². The Kier molecular flexibility index (Phi) is 3.14. The highest BCUT2D eigenvalue weighted by Crippen LogP contribution is 2.43. The molecular formula is C2H4S4. The van der Waals surface area contributed by atoms with Crippen molar-refractivity contribution in [1.82, 2.24) is 0 Å². The number of hydrogen-bond donors (Lipinski definition) is 0. The summed E-state index contributed by atoms with van der Waals surface area (Å²) in [4.78, 5) is 0. The van der Waals surface area contributed by atoms with Gasteiger partial charge in [-0.2, -0.15) is 0 Å². The zero-order valence-electron chi connectivity index (χ0n) is 3.05. The molecular weight excluding hydrogens is 152 g/mol. The first kappa shape index (κ1) is 5.54. The molecule has 1 aliphatic heterocycles. The van der Waals surface area contributed by atoms with Crippen molar-refractivity contribution in [3.8, 4) is 0 Å². The first-order chi connectivity index (χ1) is 3.00. The summed E-state index contributed by atoms with van der Waals surface area (Å²) in [5, 5.41) is 2.55. The Balaban J connectivity index is 2.00. The average Bonchev–Trinajstić information content (AvgIpc) is 1.72. The van der Waals surface area contributed by atoms with Crippen LogP contribution < -0.4 is 0 Å². The van der Waals surface area contributed by atoms with Crippen LogP contribution in [0.4, 0.5) is 0 Å². The summed E-state index contributed by atoms with van der Waals surface area (Å²) in [6.07, 6.45) is 0. The fourth-order valence-electron chi connectivity index (χ4n) is 0.175. The Morgan fingerprint density at radius 3 is 1.83 bits per heavy atom. The van der Waals surface area contributed by atoms with Gasteiger partial charge < -0.3 is 0 Å². The molecule has 0 amide bonds. The number of thioether (sulfide) groups is 1. The van der Waals surface area contributed by atoms with Crippen LogP contribution in [0.2, 0.25) is 0 Å². The van der Waals surface area contributed by atoms with Crippen molar-refractivity contribution >= 4 is 43.2 Å². The van der Waals surface area contributed by atoms with Crippen molar-refractivity contribution in [2.75, 3.05) is 10.2 Å². The molecule has 0 aliphatic carbocycles. The molecule has 0 unspecified atom stereocenters. The Labute approximate surface area is 53.4 Å². The van der Waals surface area contributed by atoms with Crippen molar-refractivity contribution in [3.63, 3.8) is 0 Å². The highest BCUT2D eigenvalue weighted by atomic mass is 33.5. The molecule has 0 aromatic rings. The lowest BCUT2D eigenvalue weighted by Crippen LogP contribution is -1.71. The lowest BCUT2D eigenvalue weighted by molar-refractivity contribution is 2.19. The standard InChI is InChI=1S/C2H4S4/c1-3-2-5-6-4-1/h1-2H2. The zero-order chi connectivity index (χ0) is 4.24. The van der Waals surface area contributed by atoms with Crippen molar-refractivity contribution in [3.05, 3.63) is 0 Å². The van der Waals surface area contributed by atoms with Gasteiger partial charge in [0.05, 0.1) is 10.2 Å². The third kappa shape index (κ3) is 1.91. The third-order valence-electron chi connectivity index (χ3n) is 0.359. The Bertz CT molecular complexity index is 21.0. The van der Waals surface area contributed by atoms with E-state index in [-0.39, 0.29) is 0 Å². The van der Waals surface area contributed by atoms with Crippen LogP contribution in [0.3, 0.4) is 0 Å². The summed E-state index contributed by atoms with van der Waals surface area (Å²) in [5.74, 6) is 0. The minimum Gasteiger partial charge on any atom is -0.138 e. The van der Waals surface area contributed by atoms with Crippen LogP contribution >= 0.6 is 43.2 Å². The summed E-state index contributed by atoms with van der Waals surface area (Å²) in [7, 11) is 5.78. The van der Waals surface area contributed by atoms with Gasteiger partial charge in [-0.05, 0) is 9.83 Å². The third-order valence-corrected chi connectivity index (χ3v) is 6.70. The first-order valence-corrected chi connectivity index (χ1v) is 6.46. The molecule has 1 heterocycles. The second-order valence-corrected chi connectivity index (χ2v) is 6.69. The summed E-state index contributed by atoms with van der Waals surface area (Å²) in [6, 6.07) is 0. The normalized spacial score (nSPS) is 24.0. The van der Waals surface area contributed by atoms with Gasteiger partial charge in [0.1, 0.15) is 0 Å². The van der Waals surface area contributed by atoms with E-state index in [1.54, 1.807) is 0 Å². The molecule has 1 fully saturated rings. The summed E-state index contributed by atoms with van der Waals surface area (Å²) < 4.78 is 0. The molecule has 0 atom stereocenters. The molecule has 6 heavy (non-hydrogen) atoms. The summed E-state index contributed by atoms with van der Waals surface area (Å²) in [5.41, 5.74) is 0. The molecule has 0 bridgehead atoms. The van der Waals surface area contributed by atoms with Gasteiger partial charge in [0, 0.05) is 0 Å². The SMILES string of the molecule is C1SCSSS1. The molecule has 0 radical (unpaired) electrons. The quantitative estimate of drug-likeness (QED) is 0.494. The van der Waals surface area contributed by atoms with E-state index in [4.69, 9.17) is 0 Å². The van der Waals surface area contributed by atoms with Crippen LogP contribution in [-0.4, -0.2) is 10.2 Å². The molecule has 0 aromatic heterocycles. The topological polar surface area (TPSA) is 0 Å². The van der Waals surface area contributed by atoms with E-state index in [0.717, 1.165) is 0 Å². The van der Waals surface area contributed by atoms with Crippen LogP contribution in [0.5, 0.6) is 0 Å². The molecule has 1 saturated heterocycles. The second-order valence-electron chi connectivity index (χ2n) is 0.744. The van der Waals surface area contributed by atoms with Crippen molar-refractivity contribution in [1.29, 1.82) is 0 Å². The second kappa shape index (κ2) is 3.41. The molecule has 1 aliphatic rings. The van der Waals surface area contributed by atoms with Gasteiger partial charge in [-0.3, -0.25) is 0 Å². The van der Waals surface area contributed by atoms with E-state index in [1.807, 2.05) is 43.2 Å². The molecule has 0 aromatic carbocycles. The lowest BCUT2D eigenvalue weighted by Gasteiger charge is -2.03. The fourth-order valence-corrected chi connectivity index (χ4v) is 6.86. The monoisotopic (exact) mass is 156 g/mol. The van der Waals surface area contributed by atoms with Gasteiger partial charge in [-0.15, -0.1) is 11.8 Å². The van der Waals surface area contributed by atoms with Crippen LogP contribution in [0.1, 0.15) is 0 Å². The highest BCUT2D eigenvalue weighted by molar-refractivity contribution is 9.11. The van der Waals surface area contributed by atoms with E-state index in [0.29, 0.717) is 0 Å². The van der Waals surface area contributed by atoms with Gasteiger partial charge in [-0.1, -0.05) is 21.6 Å². The van der Waals surface area contributed by atoms with Gasteiger partial charge in [0.25, 0.3) is 0 Å². The number of hydrogen-bond acceptors (Lipinski definition) is 4. The van der Waals surface area contributed by atoms with Crippen LogP contribution in [0.15, 0.2) is 0 Å². The predicted molar refractivity (Wildman–Crippen MR) is 40.1 cm³/mol. The largest absolute Gasteiger partial charge is 0.138 e. The maximum absolute atomic E-state index is 2.00. The molecule has 1 rings (SSSR count). The fraction of sp³-hybridized carbons (Fsp3) is 1.00. The van der Waals surface area contributed by atoms with Gasteiger partial charge in [0.15, 0.2) is 0 Å². The minimum absolute atomic E-state index is 1.28. The Morgan fingerprint density at radius 1 is 1.00 bits per heavy atom. The van der Waals surface area contributed by atoms with Gasteiger partial charge >= 0.3 is 0 Å². The molecule has 36 valence electrons. The number of rotatable bonds is 0. The maximum atomic E-state index is 2.00. The highest BCUT2D eigenvalue weighted by Gasteiger charge is 1.97. The smallest absolute Gasteiger partial charge is 0.0512 e. The van der Waals surface area contributed by atoms with Gasteiger partial charge in [-0.25, -0.2) is 0 Å². The van der Waals surface area contributed by atoms with E-state index < -0.39 is 0 Å².